The van der Waals surface area contributed by atoms with Gasteiger partial charge in [0.25, 0.3) is 11.8 Å². The number of benzene rings is 2. The first kappa shape index (κ1) is 23.6. The zero-order chi connectivity index (χ0) is 23.5. The molecule has 2 bridgehead atoms. The van der Waals surface area contributed by atoms with Crippen LogP contribution in [0.2, 0.25) is 10.0 Å². The van der Waals surface area contributed by atoms with Gasteiger partial charge in [-0.05, 0) is 55.4 Å². The molecule has 4 atom stereocenters. The topological polar surface area (TPSA) is 76.7 Å². The molecule has 2 aromatic rings. The van der Waals surface area contributed by atoms with E-state index in [4.69, 9.17) is 32.7 Å². The van der Waals surface area contributed by atoms with E-state index >= 15 is 0 Å². The number of ether oxygens (including phenoxy) is 2. The highest BCUT2D eigenvalue weighted by molar-refractivity contribution is 6.31. The number of hydrogen-bond acceptors (Lipinski definition) is 4. The molecule has 2 aromatic carbocycles. The molecule has 2 aliphatic carbocycles. The maximum absolute atomic E-state index is 13.5. The number of halogens is 4. The smallest absolute Gasteiger partial charge is 0.258 e. The fourth-order valence-corrected chi connectivity index (χ4v) is 4.79. The lowest BCUT2D eigenvalue weighted by Gasteiger charge is -2.29. The Morgan fingerprint density at radius 3 is 1.58 bits per heavy atom. The Morgan fingerprint density at radius 2 is 1.21 bits per heavy atom. The summed E-state index contributed by atoms with van der Waals surface area (Å²) < 4.78 is 37.6. The highest BCUT2D eigenvalue weighted by Gasteiger charge is 2.46. The average molecular weight is 499 g/mol. The highest BCUT2D eigenvalue weighted by Crippen LogP contribution is 2.44. The summed E-state index contributed by atoms with van der Waals surface area (Å²) >= 11 is 11.3. The van der Waals surface area contributed by atoms with Crippen LogP contribution in [-0.4, -0.2) is 37.1 Å². The summed E-state index contributed by atoms with van der Waals surface area (Å²) in [4.78, 5) is 24.5. The maximum Gasteiger partial charge on any atom is 0.258 e. The van der Waals surface area contributed by atoms with E-state index in [1.54, 1.807) is 0 Å². The minimum atomic E-state index is -0.610. The summed E-state index contributed by atoms with van der Waals surface area (Å²) in [6, 6.07) is 8.01. The van der Waals surface area contributed by atoms with Crippen molar-refractivity contribution in [2.24, 2.45) is 11.8 Å². The van der Waals surface area contributed by atoms with Crippen LogP contribution >= 0.6 is 23.2 Å². The third-order valence-corrected chi connectivity index (χ3v) is 6.68. The van der Waals surface area contributed by atoms with Crippen LogP contribution < -0.4 is 20.1 Å². The first-order valence-electron chi connectivity index (χ1n) is 10.5. The summed E-state index contributed by atoms with van der Waals surface area (Å²) in [5.74, 6) is -0.827. The van der Waals surface area contributed by atoms with Gasteiger partial charge in [-0.2, -0.15) is 0 Å². The van der Waals surface area contributed by atoms with Crippen LogP contribution in [0.5, 0.6) is 11.5 Å². The molecule has 176 valence electrons. The lowest BCUT2D eigenvalue weighted by Crippen LogP contribution is -2.47. The molecule has 2 N–H and O–H groups in total. The van der Waals surface area contributed by atoms with Crippen molar-refractivity contribution in [2.75, 3.05) is 13.2 Å². The third-order valence-electron chi connectivity index (χ3n) is 6.07. The lowest BCUT2D eigenvalue weighted by atomic mass is 9.91. The molecule has 2 amide bonds. The van der Waals surface area contributed by atoms with E-state index in [0.717, 1.165) is 31.4 Å². The van der Waals surface area contributed by atoms with Gasteiger partial charge in [-0.25, -0.2) is 8.78 Å². The van der Waals surface area contributed by atoms with Crippen LogP contribution in [-0.2, 0) is 9.59 Å². The van der Waals surface area contributed by atoms with Crippen LogP contribution in [0.4, 0.5) is 8.78 Å². The van der Waals surface area contributed by atoms with Crippen LogP contribution in [0.1, 0.15) is 19.3 Å². The van der Waals surface area contributed by atoms with Gasteiger partial charge in [-0.3, -0.25) is 9.59 Å². The van der Waals surface area contributed by atoms with Crippen molar-refractivity contribution < 1.29 is 27.8 Å². The van der Waals surface area contributed by atoms with Gasteiger partial charge >= 0.3 is 0 Å². The Labute approximate surface area is 199 Å². The van der Waals surface area contributed by atoms with Gasteiger partial charge in [-0.1, -0.05) is 23.2 Å². The second kappa shape index (κ2) is 10.1. The monoisotopic (exact) mass is 498 g/mol. The minimum Gasteiger partial charge on any atom is -0.484 e. The number of amides is 2. The van der Waals surface area contributed by atoms with Crippen molar-refractivity contribution in [2.45, 2.75) is 31.3 Å². The van der Waals surface area contributed by atoms with Gasteiger partial charge in [0, 0.05) is 24.2 Å². The van der Waals surface area contributed by atoms with E-state index < -0.39 is 11.6 Å². The second-order valence-corrected chi connectivity index (χ2v) is 9.12. The number of fused-ring (bicyclic) bond motifs is 2. The summed E-state index contributed by atoms with van der Waals surface area (Å²) in [6.45, 7) is -0.449. The van der Waals surface area contributed by atoms with Crippen LogP contribution in [0.3, 0.4) is 0 Å². The molecule has 0 spiro atoms. The molecule has 0 unspecified atom stereocenters. The highest BCUT2D eigenvalue weighted by atomic mass is 35.5. The molecule has 10 heteroatoms. The molecule has 0 saturated heterocycles. The van der Waals surface area contributed by atoms with Crippen molar-refractivity contribution in [3.8, 4) is 11.5 Å². The Morgan fingerprint density at radius 1 is 0.788 bits per heavy atom. The zero-order valence-electron chi connectivity index (χ0n) is 17.5. The van der Waals surface area contributed by atoms with Gasteiger partial charge in [-0.15, -0.1) is 0 Å². The quantitative estimate of drug-likeness (QED) is 0.573. The Bertz CT molecular complexity index is 974. The number of nitrogens with one attached hydrogen (secondary N) is 2. The number of rotatable bonds is 8. The summed E-state index contributed by atoms with van der Waals surface area (Å²) in [6.07, 6.45) is 2.41. The van der Waals surface area contributed by atoms with E-state index in [1.165, 1.54) is 24.3 Å². The van der Waals surface area contributed by atoms with E-state index in [0.29, 0.717) is 0 Å². The fraction of sp³-hybridized carbons (Fsp3) is 0.391. The summed E-state index contributed by atoms with van der Waals surface area (Å²) in [7, 11) is 0. The lowest BCUT2D eigenvalue weighted by molar-refractivity contribution is -0.125. The van der Waals surface area contributed by atoms with E-state index in [1.807, 2.05) is 0 Å². The second-order valence-electron chi connectivity index (χ2n) is 8.30. The molecule has 0 heterocycles. The Hall–Kier alpha value is -2.58. The van der Waals surface area contributed by atoms with Gasteiger partial charge in [0.05, 0.1) is 10.0 Å². The molecule has 0 radical (unpaired) electrons. The number of carbonyl (C=O) groups excluding carboxylic acids is 2. The summed E-state index contributed by atoms with van der Waals surface area (Å²) in [5.41, 5.74) is 0. The van der Waals surface area contributed by atoms with Crippen LogP contribution in [0.15, 0.2) is 36.4 Å². The molecular weight excluding hydrogens is 477 g/mol. The van der Waals surface area contributed by atoms with Gasteiger partial charge in [0.1, 0.15) is 23.1 Å². The number of hydrogen-bond donors (Lipinski definition) is 2. The molecule has 2 fully saturated rings. The molecular formula is C23H22Cl2F2N2O4. The van der Waals surface area contributed by atoms with E-state index in [2.05, 4.69) is 10.6 Å². The predicted octanol–water partition coefficient (Wildman–Crippen LogP) is 4.13. The third kappa shape index (κ3) is 5.86. The molecule has 0 aromatic heterocycles. The predicted molar refractivity (Wildman–Crippen MR) is 119 cm³/mol. The Balaban J connectivity index is 1.18. The Kier molecular flexibility index (Phi) is 7.24. The van der Waals surface area contributed by atoms with E-state index in [9.17, 15) is 18.4 Å². The van der Waals surface area contributed by atoms with Crippen molar-refractivity contribution in [3.63, 3.8) is 0 Å². The van der Waals surface area contributed by atoms with Crippen molar-refractivity contribution >= 4 is 35.0 Å². The largest absolute Gasteiger partial charge is 0.484 e. The van der Waals surface area contributed by atoms with Crippen molar-refractivity contribution in [1.82, 2.24) is 10.6 Å². The average Bonchev–Trinajstić information content (AvgIpc) is 3.35. The normalized spacial score (nSPS) is 23.3. The minimum absolute atomic E-state index is 0.00879. The molecule has 2 aliphatic rings. The van der Waals surface area contributed by atoms with Crippen LogP contribution in [0.25, 0.3) is 0 Å². The first-order valence-corrected chi connectivity index (χ1v) is 11.3. The van der Waals surface area contributed by atoms with Crippen LogP contribution in [0, 0.1) is 23.5 Å². The van der Waals surface area contributed by atoms with E-state index in [-0.39, 0.29) is 70.5 Å². The SMILES string of the molecule is O=C(COc1ccc(Cl)c(F)c1)N[C@H]1C[C@H]2C[C@@H]1C[C@@H]2NC(=O)COc1ccc(Cl)c(F)c1. The van der Waals surface area contributed by atoms with Crippen molar-refractivity contribution in [3.05, 3.63) is 58.1 Å². The zero-order valence-corrected chi connectivity index (χ0v) is 19.0. The van der Waals surface area contributed by atoms with Gasteiger partial charge < -0.3 is 20.1 Å². The van der Waals surface area contributed by atoms with Crippen molar-refractivity contribution in [1.29, 1.82) is 0 Å². The fourth-order valence-electron chi connectivity index (χ4n) is 4.56. The maximum atomic E-state index is 13.5. The summed E-state index contributed by atoms with van der Waals surface area (Å²) in [5, 5.41) is 5.91. The molecule has 6 nitrogen and oxygen atoms in total. The standard InChI is InChI=1S/C23H22Cl2F2N2O4/c24-16-3-1-14(8-18(16)26)32-10-22(30)28-20-6-13-5-12(20)7-21(13)29-23(31)11-33-15-2-4-17(25)19(27)9-15/h1-4,8-9,12-13,20-21H,5-7,10-11H2,(H,28,30)(H,29,31)/t12-,13-,20+,21+/m1/s1. The molecule has 0 aliphatic heterocycles. The molecule has 33 heavy (non-hydrogen) atoms. The van der Waals surface area contributed by atoms with Gasteiger partial charge in [0.15, 0.2) is 13.2 Å². The molecule has 4 rings (SSSR count). The number of carbonyl (C=O) groups is 2. The first-order chi connectivity index (χ1) is 15.8. The van der Waals surface area contributed by atoms with Gasteiger partial charge in [0.2, 0.25) is 0 Å². The molecule has 2 saturated carbocycles.